The van der Waals surface area contributed by atoms with Crippen LogP contribution in [0.1, 0.15) is 22.2 Å². The number of nitrogens with zero attached hydrogens (tertiary/aromatic N) is 2. The fourth-order valence-electron chi connectivity index (χ4n) is 1.44. The number of carbonyl (C=O) groups excluding carboxylic acids is 1. The van der Waals surface area contributed by atoms with Gasteiger partial charge in [0.05, 0.1) is 10.4 Å². The highest BCUT2D eigenvalue weighted by Crippen LogP contribution is 2.28. The second kappa shape index (κ2) is 3.98. The van der Waals surface area contributed by atoms with E-state index in [9.17, 15) is 4.79 Å². The number of aromatic nitrogens is 2. The van der Waals surface area contributed by atoms with Crippen molar-refractivity contribution < 1.29 is 4.79 Å². The molecule has 0 saturated heterocycles. The first kappa shape index (κ1) is 10.1. The molecule has 78 valence electrons. The Kier molecular flexibility index (Phi) is 2.68. The quantitative estimate of drug-likeness (QED) is 0.745. The number of aldehydes is 1. The van der Waals surface area contributed by atoms with Gasteiger partial charge < -0.3 is 0 Å². The maximum Gasteiger partial charge on any atom is 0.153 e. The number of aryl methyl sites for hydroxylation is 2. The van der Waals surface area contributed by atoms with Gasteiger partial charge in [-0.1, -0.05) is 0 Å². The van der Waals surface area contributed by atoms with Crippen LogP contribution in [-0.2, 0) is 6.54 Å². The predicted molar refractivity (Wildman–Crippen MR) is 61.3 cm³/mol. The molecule has 0 atom stereocenters. The zero-order valence-electron chi connectivity index (χ0n) is 8.73. The summed E-state index contributed by atoms with van der Waals surface area (Å²) in [5, 5.41) is 4.38. The van der Waals surface area contributed by atoms with Gasteiger partial charge in [0.2, 0.25) is 0 Å². The zero-order chi connectivity index (χ0) is 10.8. The number of hydrogen-bond acceptors (Lipinski definition) is 3. The van der Waals surface area contributed by atoms with E-state index < -0.39 is 0 Å². The molecular formula is C11H12N2OS. The normalized spacial score (nSPS) is 10.5. The number of hydrogen-bond donors (Lipinski definition) is 0. The van der Waals surface area contributed by atoms with E-state index in [0.717, 1.165) is 23.4 Å². The summed E-state index contributed by atoms with van der Waals surface area (Å²) in [4.78, 5) is 13.2. The standard InChI is InChI=1S/C11H12N2OS/c1-3-13-6-9(7-14)11(12-13)10-5-4-8(2)15-10/h4-7H,3H2,1-2H3. The zero-order valence-corrected chi connectivity index (χ0v) is 9.54. The molecule has 15 heavy (non-hydrogen) atoms. The van der Waals surface area contributed by atoms with E-state index in [1.54, 1.807) is 22.2 Å². The molecule has 2 rings (SSSR count). The third kappa shape index (κ3) is 1.85. The first-order valence-corrected chi connectivity index (χ1v) is 5.65. The monoisotopic (exact) mass is 220 g/mol. The smallest absolute Gasteiger partial charge is 0.153 e. The molecule has 0 aliphatic rings. The molecule has 4 heteroatoms. The van der Waals surface area contributed by atoms with Crippen LogP contribution in [-0.4, -0.2) is 16.1 Å². The van der Waals surface area contributed by atoms with Gasteiger partial charge >= 0.3 is 0 Å². The summed E-state index contributed by atoms with van der Waals surface area (Å²) in [5.41, 5.74) is 1.46. The highest BCUT2D eigenvalue weighted by molar-refractivity contribution is 7.15. The molecule has 2 heterocycles. The Balaban J connectivity index is 2.51. The van der Waals surface area contributed by atoms with E-state index >= 15 is 0 Å². The van der Waals surface area contributed by atoms with Crippen molar-refractivity contribution in [2.24, 2.45) is 0 Å². The summed E-state index contributed by atoms with van der Waals surface area (Å²) in [7, 11) is 0. The van der Waals surface area contributed by atoms with Crippen LogP contribution in [0.4, 0.5) is 0 Å². The SMILES string of the molecule is CCn1cc(C=O)c(-c2ccc(C)s2)n1. The number of thiophene rings is 1. The molecular weight excluding hydrogens is 208 g/mol. The van der Waals surface area contributed by atoms with Crippen molar-refractivity contribution in [2.75, 3.05) is 0 Å². The maximum atomic E-state index is 10.9. The van der Waals surface area contributed by atoms with E-state index in [4.69, 9.17) is 0 Å². The molecule has 0 aromatic carbocycles. The molecule has 0 amide bonds. The van der Waals surface area contributed by atoms with Gasteiger partial charge in [-0.15, -0.1) is 11.3 Å². The molecule has 0 radical (unpaired) electrons. The van der Waals surface area contributed by atoms with Gasteiger partial charge in [0.15, 0.2) is 6.29 Å². The van der Waals surface area contributed by atoms with Crippen molar-refractivity contribution in [2.45, 2.75) is 20.4 Å². The van der Waals surface area contributed by atoms with Crippen molar-refractivity contribution in [3.63, 3.8) is 0 Å². The van der Waals surface area contributed by atoms with Crippen molar-refractivity contribution in [1.29, 1.82) is 0 Å². The predicted octanol–water partition coefficient (Wildman–Crippen LogP) is 2.75. The molecule has 3 nitrogen and oxygen atoms in total. The summed E-state index contributed by atoms with van der Waals surface area (Å²) in [6.07, 6.45) is 2.65. The molecule has 2 aromatic rings. The van der Waals surface area contributed by atoms with Crippen LogP contribution in [0, 0.1) is 6.92 Å². The Bertz CT molecular complexity index is 484. The summed E-state index contributed by atoms with van der Waals surface area (Å²) < 4.78 is 1.79. The third-order valence-corrected chi connectivity index (χ3v) is 3.22. The van der Waals surface area contributed by atoms with Crippen LogP contribution in [0.3, 0.4) is 0 Å². The Morgan fingerprint density at radius 1 is 1.53 bits per heavy atom. The summed E-state index contributed by atoms with van der Waals surface area (Å²) >= 11 is 1.66. The average Bonchev–Trinajstić information content (AvgIpc) is 2.82. The van der Waals surface area contributed by atoms with Crippen LogP contribution in [0.5, 0.6) is 0 Å². The summed E-state index contributed by atoms with van der Waals surface area (Å²) in [6, 6.07) is 4.05. The Labute approximate surface area is 92.4 Å². The lowest BCUT2D eigenvalue weighted by Crippen LogP contribution is -1.93. The molecule has 0 spiro atoms. The van der Waals surface area contributed by atoms with Gasteiger partial charge in [0, 0.05) is 17.6 Å². The summed E-state index contributed by atoms with van der Waals surface area (Å²) in [5.74, 6) is 0. The maximum absolute atomic E-state index is 10.9. The van der Waals surface area contributed by atoms with Crippen LogP contribution in [0.2, 0.25) is 0 Å². The molecule has 0 N–H and O–H groups in total. The van der Waals surface area contributed by atoms with Crippen LogP contribution in [0.25, 0.3) is 10.6 Å². The second-order valence-corrected chi connectivity index (χ2v) is 4.60. The largest absolute Gasteiger partial charge is 0.298 e. The van der Waals surface area contributed by atoms with Gasteiger partial charge in [-0.05, 0) is 26.0 Å². The average molecular weight is 220 g/mol. The van der Waals surface area contributed by atoms with Gasteiger partial charge in [0.25, 0.3) is 0 Å². The minimum atomic E-state index is 0.665. The molecule has 0 aliphatic heterocycles. The Morgan fingerprint density at radius 2 is 2.33 bits per heavy atom. The van der Waals surface area contributed by atoms with E-state index in [-0.39, 0.29) is 0 Å². The highest BCUT2D eigenvalue weighted by Gasteiger charge is 2.11. The van der Waals surface area contributed by atoms with E-state index in [1.165, 1.54) is 4.88 Å². The highest BCUT2D eigenvalue weighted by atomic mass is 32.1. The van der Waals surface area contributed by atoms with Gasteiger partial charge in [0.1, 0.15) is 5.69 Å². The lowest BCUT2D eigenvalue weighted by Gasteiger charge is -1.92. The van der Waals surface area contributed by atoms with E-state index in [2.05, 4.69) is 5.10 Å². The van der Waals surface area contributed by atoms with Gasteiger partial charge in [-0.2, -0.15) is 5.10 Å². The fraction of sp³-hybridized carbons (Fsp3) is 0.273. The number of rotatable bonds is 3. The molecule has 0 bridgehead atoms. The van der Waals surface area contributed by atoms with Gasteiger partial charge in [-0.3, -0.25) is 9.48 Å². The lowest BCUT2D eigenvalue weighted by molar-refractivity contribution is 0.112. The Hall–Kier alpha value is -1.42. The minimum Gasteiger partial charge on any atom is -0.298 e. The van der Waals surface area contributed by atoms with Crippen molar-refractivity contribution >= 4 is 17.6 Å². The first-order valence-electron chi connectivity index (χ1n) is 4.84. The van der Waals surface area contributed by atoms with Crippen molar-refractivity contribution in [1.82, 2.24) is 9.78 Å². The minimum absolute atomic E-state index is 0.665. The molecule has 0 unspecified atom stereocenters. The second-order valence-electron chi connectivity index (χ2n) is 3.32. The first-order chi connectivity index (χ1) is 7.24. The van der Waals surface area contributed by atoms with Crippen LogP contribution in [0.15, 0.2) is 18.3 Å². The third-order valence-electron chi connectivity index (χ3n) is 2.21. The van der Waals surface area contributed by atoms with E-state index in [0.29, 0.717) is 5.56 Å². The van der Waals surface area contributed by atoms with Crippen molar-refractivity contribution in [3.8, 4) is 10.6 Å². The van der Waals surface area contributed by atoms with Crippen LogP contribution >= 0.6 is 11.3 Å². The molecule has 0 aliphatic carbocycles. The fourth-order valence-corrected chi connectivity index (χ4v) is 2.31. The lowest BCUT2D eigenvalue weighted by atomic mass is 10.2. The number of carbonyl (C=O) groups is 1. The molecule has 0 fully saturated rings. The molecule has 2 aromatic heterocycles. The topological polar surface area (TPSA) is 34.9 Å². The summed E-state index contributed by atoms with van der Waals surface area (Å²) in [6.45, 7) is 4.84. The molecule has 0 saturated carbocycles. The van der Waals surface area contributed by atoms with E-state index in [1.807, 2.05) is 26.0 Å². The van der Waals surface area contributed by atoms with Crippen LogP contribution < -0.4 is 0 Å². The van der Waals surface area contributed by atoms with Crippen molar-refractivity contribution in [3.05, 3.63) is 28.8 Å². The Morgan fingerprint density at radius 3 is 2.87 bits per heavy atom. The van der Waals surface area contributed by atoms with Gasteiger partial charge in [-0.25, -0.2) is 0 Å².